The molecule has 0 unspecified atom stereocenters. The predicted octanol–water partition coefficient (Wildman–Crippen LogP) is 2.28. The van der Waals surface area contributed by atoms with Gasteiger partial charge in [0, 0.05) is 17.7 Å². The molecule has 1 N–H and O–H groups in total. The van der Waals surface area contributed by atoms with Crippen molar-refractivity contribution in [3.63, 3.8) is 0 Å². The fourth-order valence-corrected chi connectivity index (χ4v) is 1.96. The van der Waals surface area contributed by atoms with Crippen molar-refractivity contribution in [2.75, 3.05) is 20.2 Å². The number of fused-ring (bicyclic) bond motifs is 1. The highest BCUT2D eigenvalue weighted by molar-refractivity contribution is 5.86. The van der Waals surface area contributed by atoms with E-state index in [9.17, 15) is 4.79 Å². The SMILES string of the molecule is O=C(O)/C=C/c1cc2c(cc1OCOCC1CC1)OCO2. The minimum Gasteiger partial charge on any atom is -0.478 e. The Balaban J connectivity index is 1.70. The average molecular weight is 292 g/mol. The Morgan fingerprint density at radius 2 is 2.10 bits per heavy atom. The van der Waals surface area contributed by atoms with Crippen molar-refractivity contribution in [3.8, 4) is 17.2 Å². The zero-order valence-corrected chi connectivity index (χ0v) is 11.4. The fraction of sp³-hybridized carbons (Fsp3) is 0.400. The summed E-state index contributed by atoms with van der Waals surface area (Å²) in [6, 6.07) is 3.38. The summed E-state index contributed by atoms with van der Waals surface area (Å²) >= 11 is 0. The molecule has 1 heterocycles. The molecule has 1 aromatic rings. The van der Waals surface area contributed by atoms with Crippen LogP contribution in [0.25, 0.3) is 6.08 Å². The third kappa shape index (κ3) is 3.66. The second kappa shape index (κ2) is 6.05. The highest BCUT2D eigenvalue weighted by atomic mass is 16.7. The molecule has 1 saturated carbocycles. The second-order valence-electron chi connectivity index (χ2n) is 4.99. The Labute approximate surface area is 121 Å². The molecular formula is C15H16O6. The van der Waals surface area contributed by atoms with Gasteiger partial charge in [-0.25, -0.2) is 4.79 Å². The van der Waals surface area contributed by atoms with Gasteiger partial charge in [0.05, 0.1) is 6.61 Å². The summed E-state index contributed by atoms with van der Waals surface area (Å²) in [7, 11) is 0. The summed E-state index contributed by atoms with van der Waals surface area (Å²) in [6.45, 7) is 0.980. The van der Waals surface area contributed by atoms with Gasteiger partial charge >= 0.3 is 5.97 Å². The first-order valence-electron chi connectivity index (χ1n) is 6.77. The number of benzene rings is 1. The molecule has 0 radical (unpaired) electrons. The molecule has 6 heteroatoms. The normalized spacial score (nSPS) is 16.4. The van der Waals surface area contributed by atoms with Crippen molar-refractivity contribution in [1.82, 2.24) is 0 Å². The molecule has 1 aromatic carbocycles. The Bertz CT molecular complexity index is 562. The van der Waals surface area contributed by atoms with Gasteiger partial charge in [0.1, 0.15) is 5.75 Å². The third-order valence-corrected chi connectivity index (χ3v) is 3.26. The van der Waals surface area contributed by atoms with Crippen molar-refractivity contribution in [2.45, 2.75) is 12.8 Å². The highest BCUT2D eigenvalue weighted by Crippen LogP contribution is 2.38. The van der Waals surface area contributed by atoms with Crippen molar-refractivity contribution in [1.29, 1.82) is 0 Å². The number of aliphatic carboxylic acids is 1. The largest absolute Gasteiger partial charge is 0.478 e. The predicted molar refractivity (Wildman–Crippen MR) is 73.4 cm³/mol. The Kier molecular flexibility index (Phi) is 3.96. The molecule has 2 aliphatic rings. The summed E-state index contributed by atoms with van der Waals surface area (Å²) in [5, 5.41) is 8.73. The van der Waals surface area contributed by atoms with Crippen LogP contribution in [-0.2, 0) is 9.53 Å². The van der Waals surface area contributed by atoms with Gasteiger partial charge in [-0.2, -0.15) is 0 Å². The number of carboxylic acids is 1. The van der Waals surface area contributed by atoms with Crippen LogP contribution in [0.3, 0.4) is 0 Å². The van der Waals surface area contributed by atoms with E-state index in [-0.39, 0.29) is 13.6 Å². The van der Waals surface area contributed by atoms with Crippen LogP contribution < -0.4 is 14.2 Å². The number of hydrogen-bond donors (Lipinski definition) is 1. The Morgan fingerprint density at radius 3 is 2.81 bits per heavy atom. The number of ether oxygens (including phenoxy) is 4. The maximum atomic E-state index is 10.7. The molecule has 0 saturated heterocycles. The first-order chi connectivity index (χ1) is 10.2. The van der Waals surface area contributed by atoms with Crippen LogP contribution in [0.4, 0.5) is 0 Å². The summed E-state index contributed by atoms with van der Waals surface area (Å²) in [4.78, 5) is 10.7. The van der Waals surface area contributed by atoms with Gasteiger partial charge in [-0.05, 0) is 30.9 Å². The van der Waals surface area contributed by atoms with Gasteiger partial charge in [0.25, 0.3) is 0 Å². The summed E-state index contributed by atoms with van der Waals surface area (Å²) in [5.74, 6) is 1.30. The lowest BCUT2D eigenvalue weighted by Crippen LogP contribution is -2.06. The summed E-state index contributed by atoms with van der Waals surface area (Å²) < 4.78 is 21.6. The first-order valence-corrected chi connectivity index (χ1v) is 6.77. The van der Waals surface area contributed by atoms with Gasteiger partial charge < -0.3 is 24.1 Å². The standard InChI is InChI=1S/C15H16O6/c16-15(17)4-3-11-5-13-14(21-9-20-13)6-12(11)19-8-18-7-10-1-2-10/h3-6,10H,1-2,7-9H2,(H,16,17)/b4-3+. The molecule has 21 heavy (non-hydrogen) atoms. The maximum absolute atomic E-state index is 10.7. The lowest BCUT2D eigenvalue weighted by atomic mass is 10.1. The lowest BCUT2D eigenvalue weighted by Gasteiger charge is -2.10. The topological polar surface area (TPSA) is 74.2 Å². The molecule has 0 spiro atoms. The van der Waals surface area contributed by atoms with Crippen molar-refractivity contribution in [3.05, 3.63) is 23.8 Å². The molecule has 0 atom stereocenters. The van der Waals surface area contributed by atoms with E-state index in [0.717, 1.165) is 6.08 Å². The quantitative estimate of drug-likeness (QED) is 0.472. The summed E-state index contributed by atoms with van der Waals surface area (Å²) in [6.07, 6.45) is 4.95. The van der Waals surface area contributed by atoms with Crippen LogP contribution in [-0.4, -0.2) is 31.3 Å². The molecule has 0 amide bonds. The number of rotatable bonds is 7. The monoisotopic (exact) mass is 292 g/mol. The average Bonchev–Trinajstić information content (AvgIpc) is 3.17. The van der Waals surface area contributed by atoms with Crippen molar-refractivity contribution in [2.24, 2.45) is 5.92 Å². The van der Waals surface area contributed by atoms with E-state index >= 15 is 0 Å². The lowest BCUT2D eigenvalue weighted by molar-refractivity contribution is -0.131. The molecule has 0 bridgehead atoms. The van der Waals surface area contributed by atoms with Crippen LogP contribution in [0.1, 0.15) is 18.4 Å². The van der Waals surface area contributed by atoms with Crippen LogP contribution in [0, 0.1) is 5.92 Å². The van der Waals surface area contributed by atoms with E-state index in [0.29, 0.717) is 35.3 Å². The third-order valence-electron chi connectivity index (χ3n) is 3.26. The molecular weight excluding hydrogens is 276 g/mol. The second-order valence-corrected chi connectivity index (χ2v) is 4.99. The Morgan fingerprint density at radius 1 is 1.33 bits per heavy atom. The van der Waals surface area contributed by atoms with E-state index in [1.807, 2.05) is 0 Å². The van der Waals surface area contributed by atoms with E-state index in [2.05, 4.69) is 0 Å². The maximum Gasteiger partial charge on any atom is 0.328 e. The fourth-order valence-electron chi connectivity index (χ4n) is 1.96. The zero-order valence-electron chi connectivity index (χ0n) is 11.4. The van der Waals surface area contributed by atoms with Crippen LogP contribution in [0.2, 0.25) is 0 Å². The first kappa shape index (κ1) is 13.8. The van der Waals surface area contributed by atoms with Gasteiger partial charge in [-0.1, -0.05) is 0 Å². The number of carbonyl (C=O) groups is 1. The Hall–Kier alpha value is -2.21. The van der Waals surface area contributed by atoms with E-state index in [4.69, 9.17) is 24.1 Å². The van der Waals surface area contributed by atoms with Gasteiger partial charge in [-0.15, -0.1) is 0 Å². The van der Waals surface area contributed by atoms with Gasteiger partial charge in [0.2, 0.25) is 6.79 Å². The highest BCUT2D eigenvalue weighted by Gasteiger charge is 2.21. The molecule has 1 aliphatic heterocycles. The van der Waals surface area contributed by atoms with Gasteiger partial charge in [0.15, 0.2) is 18.3 Å². The number of carboxylic acid groups (broad SMARTS) is 1. The molecule has 1 fully saturated rings. The van der Waals surface area contributed by atoms with Crippen LogP contribution in [0.5, 0.6) is 17.2 Å². The van der Waals surface area contributed by atoms with Crippen molar-refractivity contribution >= 4 is 12.0 Å². The number of hydrogen-bond acceptors (Lipinski definition) is 5. The summed E-state index contributed by atoms with van der Waals surface area (Å²) in [5.41, 5.74) is 0.608. The minimum absolute atomic E-state index is 0.129. The van der Waals surface area contributed by atoms with Crippen LogP contribution >= 0.6 is 0 Å². The van der Waals surface area contributed by atoms with Crippen LogP contribution in [0.15, 0.2) is 18.2 Å². The smallest absolute Gasteiger partial charge is 0.328 e. The molecule has 6 nitrogen and oxygen atoms in total. The van der Waals surface area contributed by atoms with E-state index in [1.165, 1.54) is 18.9 Å². The van der Waals surface area contributed by atoms with E-state index in [1.54, 1.807) is 12.1 Å². The molecule has 1 aliphatic carbocycles. The van der Waals surface area contributed by atoms with Crippen molar-refractivity contribution < 1.29 is 28.8 Å². The van der Waals surface area contributed by atoms with E-state index < -0.39 is 5.97 Å². The minimum atomic E-state index is -1.02. The molecule has 0 aromatic heterocycles. The van der Waals surface area contributed by atoms with Gasteiger partial charge in [-0.3, -0.25) is 0 Å². The zero-order chi connectivity index (χ0) is 14.7. The molecule has 3 rings (SSSR count). The molecule has 112 valence electrons.